The van der Waals surface area contributed by atoms with E-state index >= 15 is 0 Å². The van der Waals surface area contributed by atoms with Gasteiger partial charge in [0.15, 0.2) is 12.6 Å². The van der Waals surface area contributed by atoms with Crippen molar-refractivity contribution in [2.75, 3.05) is 13.2 Å². The van der Waals surface area contributed by atoms with E-state index in [1.54, 1.807) is 11.1 Å². The average Bonchev–Trinajstić information content (AvgIpc) is 3.34. The Balaban J connectivity index is 1.12. The van der Waals surface area contributed by atoms with Gasteiger partial charge < -0.3 is 24.1 Å². The Kier molecular flexibility index (Phi) is 9.16. The first kappa shape index (κ1) is 32.0. The van der Waals surface area contributed by atoms with Crippen LogP contribution in [-0.4, -0.2) is 48.2 Å². The SMILES string of the molecule is C[C@H](C=C[C@@](C)(O)C(C)(C)OC1CCCCO1)[C@H]1CC[C@H]2C3=CC=C4C[C@@H](OC5CCCCO5)CC[C@]4(C)[C@H]3CC[C@]12C. The first-order chi connectivity index (χ1) is 20.4. The summed E-state index contributed by atoms with van der Waals surface area (Å²) in [6.07, 6.45) is 24.6. The van der Waals surface area contributed by atoms with Crippen LogP contribution in [0.1, 0.15) is 125 Å². The number of hydrogen-bond acceptors (Lipinski definition) is 5. The summed E-state index contributed by atoms with van der Waals surface area (Å²) in [6.45, 7) is 15.0. The van der Waals surface area contributed by atoms with Crippen LogP contribution < -0.4 is 0 Å². The van der Waals surface area contributed by atoms with Crippen LogP contribution in [0, 0.1) is 34.5 Å². The first-order valence-electron chi connectivity index (χ1n) is 17.8. The van der Waals surface area contributed by atoms with Crippen LogP contribution in [0.15, 0.2) is 35.5 Å². The molecule has 0 spiro atoms. The second-order valence-electron chi connectivity index (χ2n) is 16.2. The number of ether oxygens (including phenoxy) is 4. The lowest BCUT2D eigenvalue weighted by molar-refractivity contribution is -0.251. The molecular weight excluding hydrogens is 536 g/mol. The summed E-state index contributed by atoms with van der Waals surface area (Å²) < 4.78 is 24.5. The van der Waals surface area contributed by atoms with Crippen molar-refractivity contribution >= 4 is 0 Å². The number of hydrogen-bond donors (Lipinski definition) is 1. The highest BCUT2D eigenvalue weighted by molar-refractivity contribution is 5.39. The lowest BCUT2D eigenvalue weighted by atomic mass is 9.50. The molecule has 0 bridgehead atoms. The van der Waals surface area contributed by atoms with Crippen LogP contribution >= 0.6 is 0 Å². The summed E-state index contributed by atoms with van der Waals surface area (Å²) in [5, 5.41) is 11.6. The lowest BCUT2D eigenvalue weighted by Gasteiger charge is -2.55. The van der Waals surface area contributed by atoms with E-state index in [2.05, 4.69) is 39.0 Å². The molecule has 10 atom stereocenters. The zero-order valence-corrected chi connectivity index (χ0v) is 28.0. The van der Waals surface area contributed by atoms with E-state index in [1.807, 2.05) is 26.8 Å². The van der Waals surface area contributed by atoms with Gasteiger partial charge in [0.05, 0.1) is 11.7 Å². The fourth-order valence-corrected chi connectivity index (χ4v) is 9.95. The van der Waals surface area contributed by atoms with E-state index < -0.39 is 11.2 Å². The van der Waals surface area contributed by atoms with Crippen molar-refractivity contribution in [1.29, 1.82) is 0 Å². The summed E-state index contributed by atoms with van der Waals surface area (Å²) >= 11 is 0. The van der Waals surface area contributed by atoms with E-state index in [4.69, 9.17) is 18.9 Å². The van der Waals surface area contributed by atoms with Gasteiger partial charge in [-0.05, 0) is 139 Å². The van der Waals surface area contributed by atoms with Gasteiger partial charge >= 0.3 is 0 Å². The standard InChI is InChI=1S/C38H60O5/c1-26(17-22-38(6,39)35(2,3)43-34-12-8-10-24-41-34)30-15-16-31-29-14-13-27-25-28(42-33-11-7-9-23-40-33)18-20-36(27,4)32(29)19-21-37(30,31)5/h13-14,17,22,26,28,30-34,39H,7-12,15-16,18-21,23-25H2,1-6H3/t26-,28+,30-,31+,32+,33?,34?,36+,37-,38-/m1/s1. The number of allylic oxidation sites excluding steroid dienone is 4. The zero-order chi connectivity index (χ0) is 30.5. The molecule has 5 fully saturated rings. The van der Waals surface area contributed by atoms with E-state index in [1.165, 1.54) is 44.9 Å². The monoisotopic (exact) mass is 596 g/mol. The van der Waals surface area contributed by atoms with Gasteiger partial charge in [-0.1, -0.05) is 56.2 Å². The Hall–Kier alpha value is -0.980. The molecule has 6 rings (SSSR count). The lowest BCUT2D eigenvalue weighted by Crippen LogP contribution is -2.51. The molecule has 43 heavy (non-hydrogen) atoms. The molecule has 2 saturated heterocycles. The van der Waals surface area contributed by atoms with Gasteiger partial charge in [0, 0.05) is 13.2 Å². The molecule has 4 aliphatic carbocycles. The molecule has 0 amide bonds. The summed E-state index contributed by atoms with van der Waals surface area (Å²) in [5.41, 5.74) is 2.13. The van der Waals surface area contributed by atoms with Crippen LogP contribution in [-0.2, 0) is 18.9 Å². The molecule has 0 aromatic heterocycles. The maximum absolute atomic E-state index is 11.6. The second kappa shape index (κ2) is 12.3. The fourth-order valence-electron chi connectivity index (χ4n) is 9.95. The Morgan fingerprint density at radius 2 is 1.60 bits per heavy atom. The van der Waals surface area contributed by atoms with Crippen molar-refractivity contribution in [1.82, 2.24) is 0 Å². The van der Waals surface area contributed by atoms with Crippen molar-refractivity contribution in [3.8, 4) is 0 Å². The van der Waals surface area contributed by atoms with Crippen LogP contribution in [0.3, 0.4) is 0 Å². The summed E-state index contributed by atoms with van der Waals surface area (Å²) in [6, 6.07) is 0. The van der Waals surface area contributed by atoms with Crippen molar-refractivity contribution in [2.45, 2.75) is 155 Å². The normalized spacial score (nSPS) is 42.3. The molecule has 3 saturated carbocycles. The van der Waals surface area contributed by atoms with Gasteiger partial charge in [-0.2, -0.15) is 0 Å². The molecule has 0 aromatic carbocycles. The third kappa shape index (κ3) is 6.12. The highest BCUT2D eigenvalue weighted by atomic mass is 16.7. The molecule has 0 aromatic rings. The Bertz CT molecular complexity index is 1080. The summed E-state index contributed by atoms with van der Waals surface area (Å²) in [5.74, 6) is 2.35. The zero-order valence-electron chi connectivity index (χ0n) is 28.0. The smallest absolute Gasteiger partial charge is 0.158 e. The average molecular weight is 597 g/mol. The van der Waals surface area contributed by atoms with Crippen LogP contribution in [0.25, 0.3) is 0 Å². The molecule has 2 heterocycles. The van der Waals surface area contributed by atoms with Crippen molar-refractivity contribution in [3.63, 3.8) is 0 Å². The Morgan fingerprint density at radius 1 is 0.884 bits per heavy atom. The number of aliphatic hydroxyl groups is 1. The van der Waals surface area contributed by atoms with E-state index in [-0.39, 0.29) is 18.0 Å². The molecule has 1 N–H and O–H groups in total. The fraction of sp³-hybridized carbons (Fsp3) is 0.842. The van der Waals surface area contributed by atoms with Crippen LogP contribution in [0.2, 0.25) is 0 Å². The van der Waals surface area contributed by atoms with Gasteiger partial charge in [-0.25, -0.2) is 0 Å². The maximum atomic E-state index is 11.6. The van der Waals surface area contributed by atoms with Crippen molar-refractivity contribution in [2.24, 2.45) is 34.5 Å². The van der Waals surface area contributed by atoms with E-state index in [9.17, 15) is 5.11 Å². The quantitative estimate of drug-likeness (QED) is 0.284. The van der Waals surface area contributed by atoms with Gasteiger partial charge in [0.25, 0.3) is 0 Å². The number of fused-ring (bicyclic) bond motifs is 5. The van der Waals surface area contributed by atoms with Gasteiger partial charge in [-0.15, -0.1) is 0 Å². The highest BCUT2D eigenvalue weighted by Crippen LogP contribution is 2.66. The van der Waals surface area contributed by atoms with E-state index in [0.717, 1.165) is 51.7 Å². The summed E-state index contributed by atoms with van der Waals surface area (Å²) in [4.78, 5) is 0. The van der Waals surface area contributed by atoms with Crippen molar-refractivity contribution in [3.05, 3.63) is 35.5 Å². The third-order valence-corrected chi connectivity index (χ3v) is 13.2. The van der Waals surface area contributed by atoms with Crippen LogP contribution in [0.4, 0.5) is 0 Å². The summed E-state index contributed by atoms with van der Waals surface area (Å²) in [7, 11) is 0. The first-order valence-corrected chi connectivity index (χ1v) is 17.8. The number of rotatable bonds is 8. The Labute approximate surface area is 261 Å². The van der Waals surface area contributed by atoms with Gasteiger partial charge in [-0.3, -0.25) is 0 Å². The maximum Gasteiger partial charge on any atom is 0.158 e. The topological polar surface area (TPSA) is 57.2 Å². The minimum absolute atomic E-state index is 0.00783. The molecule has 6 aliphatic rings. The molecule has 242 valence electrons. The highest BCUT2D eigenvalue weighted by Gasteiger charge is 2.57. The third-order valence-electron chi connectivity index (χ3n) is 13.2. The molecule has 0 radical (unpaired) electrons. The molecular formula is C38H60O5. The Morgan fingerprint density at radius 3 is 2.30 bits per heavy atom. The van der Waals surface area contributed by atoms with Crippen LogP contribution in [0.5, 0.6) is 0 Å². The molecule has 2 unspecified atom stereocenters. The van der Waals surface area contributed by atoms with Gasteiger partial charge in [0.1, 0.15) is 5.60 Å². The predicted octanol–water partition coefficient (Wildman–Crippen LogP) is 8.66. The van der Waals surface area contributed by atoms with Gasteiger partial charge in [0.2, 0.25) is 0 Å². The van der Waals surface area contributed by atoms with Crippen molar-refractivity contribution < 1.29 is 24.1 Å². The molecule has 5 nitrogen and oxygen atoms in total. The largest absolute Gasteiger partial charge is 0.383 e. The molecule has 5 heteroatoms. The minimum atomic E-state index is -1.08. The minimum Gasteiger partial charge on any atom is -0.383 e. The predicted molar refractivity (Wildman–Crippen MR) is 171 cm³/mol. The van der Waals surface area contributed by atoms with E-state index in [0.29, 0.717) is 35.2 Å². The second-order valence-corrected chi connectivity index (χ2v) is 16.2. The molecule has 2 aliphatic heterocycles.